The van der Waals surface area contributed by atoms with Gasteiger partial charge in [0.05, 0.1) is 39.3 Å². The van der Waals surface area contributed by atoms with Crippen molar-refractivity contribution in [3.8, 4) is 5.75 Å². The summed E-state index contributed by atoms with van der Waals surface area (Å²) in [7, 11) is 0. The zero-order valence-electron chi connectivity index (χ0n) is 20.8. The van der Waals surface area contributed by atoms with Gasteiger partial charge in [0.2, 0.25) is 0 Å². The second kappa shape index (κ2) is 18.8. The molecule has 5 N–H and O–H groups in total. The minimum absolute atomic E-state index is 0. The van der Waals surface area contributed by atoms with Crippen LogP contribution >= 0.6 is 0 Å². The Morgan fingerprint density at radius 2 is 1.13 bits per heavy atom. The van der Waals surface area contributed by atoms with Crippen LogP contribution in [0.25, 0.3) is 0 Å². The van der Waals surface area contributed by atoms with Crippen molar-refractivity contribution in [3.05, 3.63) is 29.8 Å². The zero-order valence-corrected chi connectivity index (χ0v) is 23.1. The van der Waals surface area contributed by atoms with Gasteiger partial charge in [0.15, 0.2) is 0 Å². The van der Waals surface area contributed by atoms with E-state index in [0.29, 0.717) is 12.4 Å². The molecule has 0 aliphatic carbocycles. The summed E-state index contributed by atoms with van der Waals surface area (Å²) in [6.07, 6.45) is 0.178. The molecule has 1 atom stereocenters. The molecule has 0 unspecified atom stereocenters. The van der Waals surface area contributed by atoms with E-state index in [9.17, 15) is 39.3 Å². The van der Waals surface area contributed by atoms with Crippen LogP contribution in [0, 0.1) is 39.9 Å². The van der Waals surface area contributed by atoms with E-state index in [-0.39, 0.29) is 66.0 Å². The number of rotatable bonds is 20. The first-order chi connectivity index (χ1) is 17.4. The van der Waals surface area contributed by atoms with Crippen molar-refractivity contribution in [2.75, 3.05) is 59.0 Å². The number of carboxylic acid groups (broad SMARTS) is 5. The van der Waals surface area contributed by atoms with E-state index < -0.39 is 68.6 Å². The molecule has 0 aromatic heterocycles. The van der Waals surface area contributed by atoms with Gasteiger partial charge < -0.3 is 30.3 Å². The number of benzene rings is 1. The smallest absolute Gasteiger partial charge is 0.317 e. The van der Waals surface area contributed by atoms with Crippen molar-refractivity contribution in [1.82, 2.24) is 14.7 Å². The number of hydrogen-bond donors (Lipinski definition) is 5. The number of carboxylic acids is 5. The fourth-order valence-corrected chi connectivity index (χ4v) is 3.73. The van der Waals surface area contributed by atoms with Crippen molar-refractivity contribution >= 4 is 29.8 Å². The van der Waals surface area contributed by atoms with Gasteiger partial charge >= 0.3 is 29.8 Å². The van der Waals surface area contributed by atoms with Gasteiger partial charge in [0.25, 0.3) is 0 Å². The molecule has 1 aromatic rings. The Morgan fingerprint density at radius 3 is 1.55 bits per heavy atom. The Hall–Kier alpha value is -2.43. The Balaban J connectivity index is 0.0000137. The first-order valence-electron chi connectivity index (χ1n) is 11.4. The summed E-state index contributed by atoms with van der Waals surface area (Å²) >= 11 is 0. The maximum absolute atomic E-state index is 11.5. The topological polar surface area (TPSA) is 205 Å². The first kappa shape index (κ1) is 35.6. The summed E-state index contributed by atoms with van der Waals surface area (Å²) in [5.74, 6) is -5.65. The number of carbonyl (C=O) groups is 5. The molecule has 0 bridgehead atoms. The van der Waals surface area contributed by atoms with Gasteiger partial charge in [-0.15, -0.1) is 0 Å². The maximum atomic E-state index is 11.5. The fourth-order valence-electron chi connectivity index (χ4n) is 3.73. The fraction of sp³-hybridized carbons (Fsp3) is 0.522. The van der Waals surface area contributed by atoms with Crippen LogP contribution in [-0.2, 0) is 30.4 Å². The average Bonchev–Trinajstić information content (AvgIpc) is 2.76. The van der Waals surface area contributed by atoms with Crippen LogP contribution in [-0.4, -0.2) is 135 Å². The minimum atomic E-state index is -1.27. The monoisotopic (exact) mass is 685 g/mol. The second-order valence-corrected chi connectivity index (χ2v) is 8.25. The van der Waals surface area contributed by atoms with Gasteiger partial charge in [0.1, 0.15) is 5.75 Å². The molecule has 0 radical (unpaired) electrons. The van der Waals surface area contributed by atoms with Gasteiger partial charge in [-0.2, -0.15) is 0 Å². The van der Waals surface area contributed by atoms with Crippen molar-refractivity contribution in [2.45, 2.75) is 19.4 Å². The SMILES string of the molecule is CCOc1ccc(C[C@@H](CN(CCN(CC(=O)O)CC(=O)O)CC(=O)O)N(CC(=O)O)CC(=O)O)cc1.[Gd]. The molecule has 214 valence electrons. The molecule has 0 spiro atoms. The van der Waals surface area contributed by atoms with Gasteiger partial charge in [-0.3, -0.25) is 38.7 Å². The number of hydrogen-bond acceptors (Lipinski definition) is 9. The maximum Gasteiger partial charge on any atom is 0.317 e. The molecule has 0 saturated heterocycles. The molecule has 1 rings (SSSR count). The van der Waals surface area contributed by atoms with E-state index in [0.717, 1.165) is 10.5 Å². The molecular formula is C23H33GdN3O11. The van der Waals surface area contributed by atoms with Crippen LogP contribution in [0.2, 0.25) is 0 Å². The standard InChI is InChI=1S/C23H33N3O11.Gd/c1-2-37-18-5-3-16(4-6-18)9-17(26(14-22(33)34)15-23(35)36)10-24(11-19(27)28)7-8-25(12-20(29)30)13-21(31)32;/h3-6,17H,2,7-15H2,1H3,(H,27,28)(H,29,30)(H,31,32)(H,33,34)(H,35,36);/t17-;/m0./s1. The van der Waals surface area contributed by atoms with Crippen LogP contribution in [0.1, 0.15) is 12.5 Å². The van der Waals surface area contributed by atoms with E-state index in [1.807, 2.05) is 6.92 Å². The van der Waals surface area contributed by atoms with Crippen LogP contribution in [0.4, 0.5) is 0 Å². The van der Waals surface area contributed by atoms with E-state index in [1.165, 1.54) is 9.80 Å². The molecule has 0 saturated carbocycles. The molecule has 0 aliphatic rings. The van der Waals surface area contributed by atoms with Crippen molar-refractivity contribution in [2.24, 2.45) is 0 Å². The third-order valence-corrected chi connectivity index (χ3v) is 5.18. The molecule has 0 heterocycles. The number of aliphatic carboxylic acids is 5. The Bertz CT molecular complexity index is 898. The van der Waals surface area contributed by atoms with E-state index in [2.05, 4.69) is 0 Å². The third kappa shape index (κ3) is 15.7. The summed E-state index contributed by atoms with van der Waals surface area (Å²) < 4.78 is 5.41. The molecule has 1 aromatic carbocycles. The van der Waals surface area contributed by atoms with E-state index in [1.54, 1.807) is 24.3 Å². The second-order valence-electron chi connectivity index (χ2n) is 8.25. The Morgan fingerprint density at radius 1 is 0.711 bits per heavy atom. The van der Waals surface area contributed by atoms with Crippen LogP contribution in [0.15, 0.2) is 24.3 Å². The third-order valence-electron chi connectivity index (χ3n) is 5.18. The Labute approximate surface area is 251 Å². The summed E-state index contributed by atoms with van der Waals surface area (Å²) in [5.41, 5.74) is 0.725. The summed E-state index contributed by atoms with van der Waals surface area (Å²) in [6.45, 7) is -0.837. The summed E-state index contributed by atoms with van der Waals surface area (Å²) in [6, 6.07) is 6.14. The molecule has 0 aliphatic heterocycles. The van der Waals surface area contributed by atoms with Crippen molar-refractivity contribution in [1.29, 1.82) is 0 Å². The van der Waals surface area contributed by atoms with Crippen molar-refractivity contribution in [3.63, 3.8) is 0 Å². The summed E-state index contributed by atoms with van der Waals surface area (Å²) in [4.78, 5) is 60.4. The van der Waals surface area contributed by atoms with E-state index >= 15 is 0 Å². The first-order valence-corrected chi connectivity index (χ1v) is 11.4. The van der Waals surface area contributed by atoms with Crippen LogP contribution < -0.4 is 4.74 Å². The minimum Gasteiger partial charge on any atom is -0.494 e. The van der Waals surface area contributed by atoms with Crippen LogP contribution in [0.3, 0.4) is 0 Å². The summed E-state index contributed by atoms with van der Waals surface area (Å²) in [5, 5.41) is 46.2. The predicted molar refractivity (Wildman–Crippen MR) is 128 cm³/mol. The van der Waals surface area contributed by atoms with Gasteiger partial charge in [-0.1, -0.05) is 12.1 Å². The molecule has 15 heteroatoms. The molecule has 0 fully saturated rings. The zero-order chi connectivity index (χ0) is 28.0. The predicted octanol–water partition coefficient (Wildman–Crippen LogP) is -0.675. The largest absolute Gasteiger partial charge is 0.494 e. The number of nitrogens with zero attached hydrogens (tertiary/aromatic N) is 3. The molecule has 0 amide bonds. The van der Waals surface area contributed by atoms with Crippen LogP contribution in [0.5, 0.6) is 5.75 Å². The number of ether oxygens (including phenoxy) is 1. The van der Waals surface area contributed by atoms with Gasteiger partial charge in [0, 0.05) is 65.6 Å². The quantitative estimate of drug-likeness (QED) is 0.116. The molecule has 38 heavy (non-hydrogen) atoms. The molecule has 14 nitrogen and oxygen atoms in total. The Kier molecular flexibility index (Phi) is 17.6. The molecular weight excluding hydrogens is 652 g/mol. The average molecular weight is 685 g/mol. The van der Waals surface area contributed by atoms with Crippen molar-refractivity contribution < 1.29 is 94.2 Å². The van der Waals surface area contributed by atoms with Gasteiger partial charge in [-0.05, 0) is 31.0 Å². The normalized spacial score (nSPS) is 11.7. The van der Waals surface area contributed by atoms with Gasteiger partial charge in [-0.25, -0.2) is 0 Å². The van der Waals surface area contributed by atoms with E-state index in [4.69, 9.17) is 14.9 Å².